The van der Waals surface area contributed by atoms with Crippen molar-refractivity contribution >= 4 is 6.09 Å². The molecule has 0 fully saturated rings. The lowest BCUT2D eigenvalue weighted by molar-refractivity contribution is 0.0204. The standard InChI is InChI=1S/C16H27N3O3/c1-16(2,3)22-15(20)19(11-12-21-4)10-9-17-13-14-7-5-6-8-18-14/h5-8,17H,9-13H2,1-4H3. The Kier molecular flexibility index (Phi) is 7.84. The molecule has 0 bridgehead atoms. The zero-order valence-corrected chi connectivity index (χ0v) is 14.0. The first kappa shape index (κ1) is 18.4. The zero-order valence-electron chi connectivity index (χ0n) is 14.0. The summed E-state index contributed by atoms with van der Waals surface area (Å²) in [5, 5.41) is 3.27. The highest BCUT2D eigenvalue weighted by atomic mass is 16.6. The molecule has 0 radical (unpaired) electrons. The Morgan fingerprint density at radius 1 is 1.32 bits per heavy atom. The van der Waals surface area contributed by atoms with Gasteiger partial charge in [-0.05, 0) is 32.9 Å². The van der Waals surface area contributed by atoms with E-state index in [1.54, 1.807) is 18.2 Å². The molecule has 0 unspecified atom stereocenters. The van der Waals surface area contributed by atoms with E-state index >= 15 is 0 Å². The Labute approximate surface area is 132 Å². The molecule has 22 heavy (non-hydrogen) atoms. The van der Waals surface area contributed by atoms with Crippen LogP contribution in [0, 0.1) is 0 Å². The van der Waals surface area contributed by atoms with Crippen LogP contribution in [-0.2, 0) is 16.0 Å². The van der Waals surface area contributed by atoms with Gasteiger partial charge >= 0.3 is 6.09 Å². The van der Waals surface area contributed by atoms with Gasteiger partial charge in [0.25, 0.3) is 0 Å². The number of carbonyl (C=O) groups is 1. The first-order valence-corrected chi connectivity index (χ1v) is 7.50. The number of ether oxygens (including phenoxy) is 2. The van der Waals surface area contributed by atoms with Crippen molar-refractivity contribution in [1.29, 1.82) is 0 Å². The highest BCUT2D eigenvalue weighted by Gasteiger charge is 2.21. The van der Waals surface area contributed by atoms with Crippen LogP contribution in [0.3, 0.4) is 0 Å². The fourth-order valence-corrected chi connectivity index (χ4v) is 1.76. The lowest BCUT2D eigenvalue weighted by Crippen LogP contribution is -2.42. The van der Waals surface area contributed by atoms with Crippen LogP contribution in [0.1, 0.15) is 26.5 Å². The molecule has 0 aliphatic rings. The van der Waals surface area contributed by atoms with E-state index in [2.05, 4.69) is 10.3 Å². The van der Waals surface area contributed by atoms with E-state index in [1.165, 1.54) is 0 Å². The third-order valence-corrected chi connectivity index (χ3v) is 2.81. The summed E-state index contributed by atoms with van der Waals surface area (Å²) in [6.07, 6.45) is 1.45. The summed E-state index contributed by atoms with van der Waals surface area (Å²) < 4.78 is 10.5. The molecule has 1 rings (SSSR count). The molecule has 1 heterocycles. The molecule has 0 aliphatic carbocycles. The summed E-state index contributed by atoms with van der Waals surface area (Å²) >= 11 is 0. The quantitative estimate of drug-likeness (QED) is 0.745. The van der Waals surface area contributed by atoms with Crippen molar-refractivity contribution in [2.75, 3.05) is 33.4 Å². The van der Waals surface area contributed by atoms with Gasteiger partial charge in [0.15, 0.2) is 0 Å². The lowest BCUT2D eigenvalue weighted by atomic mass is 10.2. The molecule has 0 atom stereocenters. The molecule has 1 aromatic heterocycles. The third kappa shape index (κ3) is 7.95. The maximum atomic E-state index is 12.1. The van der Waals surface area contributed by atoms with Gasteiger partial charge in [-0.25, -0.2) is 4.79 Å². The molecule has 0 saturated heterocycles. The van der Waals surface area contributed by atoms with Crippen LogP contribution in [0.25, 0.3) is 0 Å². The van der Waals surface area contributed by atoms with Crippen LogP contribution in [-0.4, -0.2) is 54.9 Å². The number of carbonyl (C=O) groups excluding carboxylic acids is 1. The van der Waals surface area contributed by atoms with Gasteiger partial charge in [-0.3, -0.25) is 4.98 Å². The van der Waals surface area contributed by atoms with Gasteiger partial charge in [-0.15, -0.1) is 0 Å². The second-order valence-corrected chi connectivity index (χ2v) is 5.96. The molecule has 124 valence electrons. The average molecular weight is 309 g/mol. The normalized spacial score (nSPS) is 11.3. The van der Waals surface area contributed by atoms with Gasteiger partial charge in [0.1, 0.15) is 5.60 Å². The van der Waals surface area contributed by atoms with Crippen molar-refractivity contribution in [1.82, 2.24) is 15.2 Å². The van der Waals surface area contributed by atoms with Crippen LogP contribution in [0.4, 0.5) is 4.79 Å². The lowest BCUT2D eigenvalue weighted by Gasteiger charge is -2.27. The summed E-state index contributed by atoms with van der Waals surface area (Å²) in [7, 11) is 1.62. The number of pyridine rings is 1. The number of hydrogen-bond acceptors (Lipinski definition) is 5. The van der Waals surface area contributed by atoms with E-state index in [0.717, 1.165) is 5.69 Å². The number of amides is 1. The molecule has 6 nitrogen and oxygen atoms in total. The fraction of sp³-hybridized carbons (Fsp3) is 0.625. The van der Waals surface area contributed by atoms with Crippen LogP contribution in [0.15, 0.2) is 24.4 Å². The van der Waals surface area contributed by atoms with Crippen LogP contribution in [0.5, 0.6) is 0 Å². The van der Waals surface area contributed by atoms with Crippen molar-refractivity contribution in [2.24, 2.45) is 0 Å². The predicted molar refractivity (Wildman–Crippen MR) is 85.6 cm³/mol. The molecule has 1 N–H and O–H groups in total. The second kappa shape index (κ2) is 9.38. The summed E-state index contributed by atoms with van der Waals surface area (Å²) in [5.74, 6) is 0. The van der Waals surface area contributed by atoms with E-state index < -0.39 is 5.60 Å². The number of hydrogen-bond donors (Lipinski definition) is 1. The molecule has 0 aromatic carbocycles. The molecule has 6 heteroatoms. The fourth-order valence-electron chi connectivity index (χ4n) is 1.76. The maximum absolute atomic E-state index is 12.1. The Morgan fingerprint density at radius 2 is 2.09 bits per heavy atom. The average Bonchev–Trinajstić information content (AvgIpc) is 2.45. The number of methoxy groups -OCH3 is 1. The first-order valence-electron chi connectivity index (χ1n) is 7.50. The summed E-state index contributed by atoms with van der Waals surface area (Å²) in [6.45, 7) is 8.48. The van der Waals surface area contributed by atoms with Crippen molar-refractivity contribution in [3.05, 3.63) is 30.1 Å². The van der Waals surface area contributed by atoms with E-state index in [4.69, 9.17) is 9.47 Å². The van der Waals surface area contributed by atoms with Crippen LogP contribution < -0.4 is 5.32 Å². The molecule has 0 aliphatic heterocycles. The van der Waals surface area contributed by atoms with Gasteiger partial charge in [0, 0.05) is 39.5 Å². The van der Waals surface area contributed by atoms with Crippen molar-refractivity contribution < 1.29 is 14.3 Å². The monoisotopic (exact) mass is 309 g/mol. The van der Waals surface area contributed by atoms with Crippen molar-refractivity contribution in [2.45, 2.75) is 32.9 Å². The molecule has 0 saturated carbocycles. The molecule has 1 amide bonds. The zero-order chi connectivity index (χ0) is 16.4. The number of aromatic nitrogens is 1. The first-order chi connectivity index (χ1) is 10.4. The van der Waals surface area contributed by atoms with Gasteiger partial charge in [0.05, 0.1) is 12.3 Å². The summed E-state index contributed by atoms with van der Waals surface area (Å²) in [5.41, 5.74) is 0.479. The number of nitrogens with one attached hydrogen (secondary N) is 1. The number of nitrogens with zero attached hydrogens (tertiary/aromatic N) is 2. The number of rotatable bonds is 8. The third-order valence-electron chi connectivity index (χ3n) is 2.81. The van der Waals surface area contributed by atoms with Gasteiger partial charge in [-0.1, -0.05) is 6.07 Å². The molecular weight excluding hydrogens is 282 g/mol. The molecule has 0 spiro atoms. The van der Waals surface area contributed by atoms with Crippen molar-refractivity contribution in [3.8, 4) is 0 Å². The van der Waals surface area contributed by atoms with Gasteiger partial charge in [0.2, 0.25) is 0 Å². The van der Waals surface area contributed by atoms with Gasteiger partial charge < -0.3 is 19.7 Å². The van der Waals surface area contributed by atoms with Crippen LogP contribution in [0.2, 0.25) is 0 Å². The maximum Gasteiger partial charge on any atom is 0.410 e. The summed E-state index contributed by atoms with van der Waals surface area (Å²) in [6, 6.07) is 5.80. The predicted octanol–water partition coefficient (Wildman–Crippen LogP) is 2.05. The minimum Gasteiger partial charge on any atom is -0.444 e. The minimum atomic E-state index is -0.496. The Bertz CT molecular complexity index is 432. The van der Waals surface area contributed by atoms with E-state index in [0.29, 0.717) is 32.8 Å². The smallest absolute Gasteiger partial charge is 0.410 e. The molecular formula is C16H27N3O3. The van der Waals surface area contributed by atoms with Crippen LogP contribution >= 0.6 is 0 Å². The Balaban J connectivity index is 2.39. The topological polar surface area (TPSA) is 63.7 Å². The minimum absolute atomic E-state index is 0.316. The van der Waals surface area contributed by atoms with Gasteiger partial charge in [-0.2, -0.15) is 0 Å². The highest BCUT2D eigenvalue weighted by Crippen LogP contribution is 2.09. The highest BCUT2D eigenvalue weighted by molar-refractivity contribution is 5.68. The van der Waals surface area contributed by atoms with Crippen molar-refractivity contribution in [3.63, 3.8) is 0 Å². The van der Waals surface area contributed by atoms with E-state index in [1.807, 2.05) is 39.0 Å². The largest absolute Gasteiger partial charge is 0.444 e. The van der Waals surface area contributed by atoms with E-state index in [9.17, 15) is 4.79 Å². The summed E-state index contributed by atoms with van der Waals surface area (Å²) in [4.78, 5) is 18.0. The van der Waals surface area contributed by atoms with E-state index in [-0.39, 0.29) is 6.09 Å². The SMILES string of the molecule is COCCN(CCNCc1ccccn1)C(=O)OC(C)(C)C. The second-order valence-electron chi connectivity index (χ2n) is 5.96. The Hall–Kier alpha value is -1.66. The molecule has 1 aromatic rings. The Morgan fingerprint density at radius 3 is 2.68 bits per heavy atom.